The van der Waals surface area contributed by atoms with Crippen LogP contribution in [0.5, 0.6) is 0 Å². The van der Waals surface area contributed by atoms with Crippen molar-refractivity contribution in [2.45, 2.75) is 6.42 Å². The summed E-state index contributed by atoms with van der Waals surface area (Å²) in [7, 11) is 0. The standard InChI is InChI=1S/C5H5F.C5H5N.2ClH.Hf.H4Si/c6-5-3-1-2-4-5;1-2-4-6-5-3-1;;;;/h1,3-4H,2H2;1-5H;2*1H;;1H4. The van der Waals surface area contributed by atoms with Gasteiger partial charge in [0.2, 0.25) is 0 Å². The van der Waals surface area contributed by atoms with Gasteiger partial charge >= 0.3 is 0 Å². The quantitative estimate of drug-likeness (QED) is 0.557. The van der Waals surface area contributed by atoms with E-state index in [9.17, 15) is 4.39 Å². The second-order valence-electron chi connectivity index (χ2n) is 2.25. The van der Waals surface area contributed by atoms with Gasteiger partial charge in [0.25, 0.3) is 0 Å². The van der Waals surface area contributed by atoms with Gasteiger partial charge in [-0.3, -0.25) is 4.98 Å². The molecule has 0 saturated heterocycles. The van der Waals surface area contributed by atoms with Crippen LogP contribution in [0, 0.1) is 0 Å². The van der Waals surface area contributed by atoms with E-state index >= 15 is 0 Å². The Morgan fingerprint density at radius 2 is 1.62 bits per heavy atom. The molecule has 16 heavy (non-hydrogen) atoms. The van der Waals surface area contributed by atoms with Crippen LogP contribution in [0.25, 0.3) is 0 Å². The Bertz CT molecular complexity index is 254. The normalized spacial score (nSPS) is 9.94. The minimum absolute atomic E-state index is 0. The zero-order chi connectivity index (χ0) is 8.65. The third kappa shape index (κ3) is 14.2. The summed E-state index contributed by atoms with van der Waals surface area (Å²) in [6.07, 6.45) is 9.07. The fourth-order valence-electron chi connectivity index (χ4n) is 0.742. The summed E-state index contributed by atoms with van der Waals surface area (Å²) in [6.45, 7) is 0. The summed E-state index contributed by atoms with van der Waals surface area (Å²) in [5, 5.41) is 0. The summed E-state index contributed by atoms with van der Waals surface area (Å²) >= 11 is 0. The van der Waals surface area contributed by atoms with Crippen LogP contribution in [0.3, 0.4) is 0 Å². The van der Waals surface area contributed by atoms with Crippen LogP contribution in [0.2, 0.25) is 0 Å². The first-order valence-corrected chi connectivity index (χ1v) is 3.77. The van der Waals surface area contributed by atoms with Crippen LogP contribution in [0.15, 0.2) is 54.6 Å². The maximum absolute atomic E-state index is 11.7. The molecule has 0 atom stereocenters. The van der Waals surface area contributed by atoms with Crippen LogP contribution in [0.1, 0.15) is 6.42 Å². The smallest absolute Gasteiger partial charge is 0.119 e. The van der Waals surface area contributed by atoms with E-state index in [1.54, 1.807) is 24.5 Å². The predicted octanol–water partition coefficient (Wildman–Crippen LogP) is 2.27. The van der Waals surface area contributed by atoms with Crippen molar-refractivity contribution in [3.8, 4) is 0 Å². The topological polar surface area (TPSA) is 12.9 Å². The van der Waals surface area contributed by atoms with Gasteiger partial charge in [-0.1, -0.05) is 12.1 Å². The van der Waals surface area contributed by atoms with E-state index < -0.39 is 0 Å². The molecule has 2 rings (SSSR count). The average Bonchev–Trinajstić information content (AvgIpc) is 2.60. The fourth-order valence-corrected chi connectivity index (χ4v) is 0.742. The zero-order valence-corrected chi connectivity index (χ0v) is 13.2. The molecule has 1 aromatic heterocycles. The molecule has 0 fully saturated rings. The molecule has 1 aliphatic carbocycles. The Hall–Kier alpha value is 0.227. The predicted molar refractivity (Wildman–Crippen MR) is 73.0 cm³/mol. The maximum Gasteiger partial charge on any atom is 0.119 e. The van der Waals surface area contributed by atoms with Crippen molar-refractivity contribution in [2.75, 3.05) is 0 Å². The van der Waals surface area contributed by atoms with Gasteiger partial charge in [0.15, 0.2) is 0 Å². The molecule has 0 N–H and O–H groups in total. The van der Waals surface area contributed by atoms with Gasteiger partial charge in [0, 0.05) is 38.2 Å². The number of hydrogen-bond donors (Lipinski definition) is 0. The molecule has 0 saturated carbocycles. The summed E-state index contributed by atoms with van der Waals surface area (Å²) in [5.41, 5.74) is 0. The number of pyridine rings is 1. The molecular formula is C10H16Cl2FHfNSi. The van der Waals surface area contributed by atoms with E-state index in [4.69, 9.17) is 0 Å². The Labute approximate surface area is 131 Å². The second kappa shape index (κ2) is 17.6. The van der Waals surface area contributed by atoms with Crippen molar-refractivity contribution < 1.29 is 30.2 Å². The van der Waals surface area contributed by atoms with Crippen molar-refractivity contribution in [1.29, 1.82) is 0 Å². The molecule has 1 aliphatic rings. The molecule has 0 aliphatic heterocycles. The number of rotatable bonds is 0. The molecule has 0 bridgehead atoms. The van der Waals surface area contributed by atoms with E-state index in [1.807, 2.05) is 18.2 Å². The fraction of sp³-hybridized carbons (Fsp3) is 0.100. The molecule has 1 nitrogen and oxygen atoms in total. The first-order valence-electron chi connectivity index (χ1n) is 3.77. The van der Waals surface area contributed by atoms with Crippen molar-refractivity contribution >= 4 is 35.8 Å². The van der Waals surface area contributed by atoms with Gasteiger partial charge in [0.1, 0.15) is 5.83 Å². The Morgan fingerprint density at radius 1 is 1.06 bits per heavy atom. The van der Waals surface area contributed by atoms with Gasteiger partial charge < -0.3 is 0 Å². The number of nitrogens with zero attached hydrogens (tertiary/aromatic N) is 1. The summed E-state index contributed by atoms with van der Waals surface area (Å²) < 4.78 is 11.7. The van der Waals surface area contributed by atoms with Gasteiger partial charge in [-0.05, 0) is 41.7 Å². The van der Waals surface area contributed by atoms with Gasteiger partial charge in [0.05, 0.1) is 0 Å². The molecule has 0 unspecified atom stereocenters. The number of allylic oxidation sites excluding steroid dienone is 4. The molecule has 0 aromatic carbocycles. The Kier molecular flexibility index (Phi) is 27.7. The van der Waals surface area contributed by atoms with E-state index in [0.717, 1.165) is 6.42 Å². The van der Waals surface area contributed by atoms with Crippen LogP contribution < -0.4 is 0 Å². The zero-order valence-electron chi connectivity index (χ0n) is 7.97. The van der Waals surface area contributed by atoms with Crippen molar-refractivity contribution in [2.24, 2.45) is 0 Å². The Morgan fingerprint density at radius 3 is 1.75 bits per heavy atom. The first kappa shape index (κ1) is 25.2. The largest absolute Gasteiger partial charge is 0.265 e. The summed E-state index contributed by atoms with van der Waals surface area (Å²) in [6, 6.07) is 5.72. The second-order valence-corrected chi connectivity index (χ2v) is 2.25. The minimum atomic E-state index is -0.102. The first-order chi connectivity index (χ1) is 5.89. The van der Waals surface area contributed by atoms with Crippen LogP contribution in [0.4, 0.5) is 4.39 Å². The minimum Gasteiger partial charge on any atom is -0.265 e. The molecule has 90 valence electrons. The van der Waals surface area contributed by atoms with Gasteiger partial charge in [-0.15, -0.1) is 24.8 Å². The van der Waals surface area contributed by atoms with Crippen molar-refractivity contribution in [3.63, 3.8) is 0 Å². The van der Waals surface area contributed by atoms with Crippen LogP contribution in [-0.2, 0) is 25.8 Å². The number of hydrogen-bond acceptors (Lipinski definition) is 1. The van der Waals surface area contributed by atoms with E-state index in [2.05, 4.69) is 4.98 Å². The summed E-state index contributed by atoms with van der Waals surface area (Å²) in [4.78, 5) is 3.78. The average molecular weight is 447 g/mol. The SMILES string of the molecule is Cl.Cl.FC1=CCC=C1.[Hf].[SiH4].c1ccncc1. The van der Waals surface area contributed by atoms with E-state index in [-0.39, 0.29) is 67.4 Å². The number of halogens is 3. The van der Waals surface area contributed by atoms with E-state index in [0.29, 0.717) is 0 Å². The molecule has 0 spiro atoms. The molecule has 0 radical (unpaired) electrons. The van der Waals surface area contributed by atoms with E-state index in [1.165, 1.54) is 6.08 Å². The number of aromatic nitrogens is 1. The van der Waals surface area contributed by atoms with Gasteiger partial charge in [-0.25, -0.2) is 4.39 Å². The van der Waals surface area contributed by atoms with Crippen LogP contribution in [-0.4, -0.2) is 15.9 Å². The molecule has 1 aromatic rings. The molecule has 6 heteroatoms. The Balaban J connectivity index is -0.0000000720. The molecule has 1 heterocycles. The van der Waals surface area contributed by atoms with Crippen LogP contribution >= 0.6 is 24.8 Å². The molecular weight excluding hydrogens is 431 g/mol. The monoisotopic (exact) mass is 447 g/mol. The van der Waals surface area contributed by atoms with Crippen molar-refractivity contribution in [3.05, 3.63) is 54.6 Å². The maximum atomic E-state index is 11.7. The third-order valence-electron chi connectivity index (χ3n) is 1.29. The summed E-state index contributed by atoms with van der Waals surface area (Å²) in [5.74, 6) is -0.102. The third-order valence-corrected chi connectivity index (χ3v) is 1.29. The van der Waals surface area contributed by atoms with Gasteiger partial charge in [-0.2, -0.15) is 0 Å². The van der Waals surface area contributed by atoms with Crippen molar-refractivity contribution in [1.82, 2.24) is 4.98 Å². The molecule has 0 amide bonds.